The van der Waals surface area contributed by atoms with E-state index < -0.39 is 0 Å². The molecular weight excluding hydrogens is 172 g/mol. The molecule has 0 aliphatic heterocycles. The van der Waals surface area contributed by atoms with Crippen LogP contribution >= 0.6 is 0 Å². The molecule has 0 amide bonds. The maximum Gasteiger partial charge on any atom is 0.0361 e. The van der Waals surface area contributed by atoms with Crippen molar-refractivity contribution in [2.24, 2.45) is 5.92 Å². The fourth-order valence-electron chi connectivity index (χ4n) is 2.20. The second-order valence-corrected chi connectivity index (χ2v) is 4.25. The van der Waals surface area contributed by atoms with E-state index in [1.165, 1.54) is 30.4 Å². The van der Waals surface area contributed by atoms with E-state index in [4.69, 9.17) is 0 Å². The number of nitrogens with zero attached hydrogens (tertiary/aromatic N) is 1. The van der Waals surface area contributed by atoms with E-state index in [0.717, 1.165) is 5.92 Å². The molecule has 1 atom stereocenters. The molecule has 1 aromatic rings. The fourth-order valence-corrected chi connectivity index (χ4v) is 2.20. The molecule has 1 heterocycles. The Hall–Kier alpha value is -0.890. The molecule has 2 nitrogen and oxygen atoms in total. The van der Waals surface area contributed by atoms with Crippen LogP contribution in [0.5, 0.6) is 0 Å². The topological polar surface area (TPSA) is 24.9 Å². The van der Waals surface area contributed by atoms with Crippen LogP contribution in [0.1, 0.15) is 36.4 Å². The van der Waals surface area contributed by atoms with Crippen LogP contribution in [0.25, 0.3) is 0 Å². The lowest BCUT2D eigenvalue weighted by Crippen LogP contribution is -2.29. The van der Waals surface area contributed by atoms with Crippen LogP contribution in [0.3, 0.4) is 0 Å². The van der Waals surface area contributed by atoms with Gasteiger partial charge in [-0.05, 0) is 43.9 Å². The second-order valence-electron chi connectivity index (χ2n) is 4.25. The highest BCUT2D eigenvalue weighted by molar-refractivity contribution is 5.21. The number of hydrogen-bond acceptors (Lipinski definition) is 2. The van der Waals surface area contributed by atoms with Gasteiger partial charge in [-0.2, -0.15) is 0 Å². The minimum absolute atomic E-state index is 0.510. The molecule has 1 saturated carbocycles. The van der Waals surface area contributed by atoms with Crippen molar-refractivity contribution < 1.29 is 0 Å². The summed E-state index contributed by atoms with van der Waals surface area (Å²) in [5, 5.41) is 3.41. The normalized spacial score (nSPS) is 19.0. The molecule has 1 aliphatic carbocycles. The van der Waals surface area contributed by atoms with E-state index >= 15 is 0 Å². The molecule has 0 bridgehead atoms. The van der Waals surface area contributed by atoms with Crippen molar-refractivity contribution in [1.29, 1.82) is 0 Å². The standard InChI is InChI=1S/C12H18N2/c1-9-6-11(8-14-7-9)12(13-2)10-4-3-5-10/h6-8,10,12-13H,3-5H2,1-2H3. The van der Waals surface area contributed by atoms with Crippen LogP contribution in [0.4, 0.5) is 0 Å². The Kier molecular flexibility index (Phi) is 2.82. The fraction of sp³-hybridized carbons (Fsp3) is 0.583. The first kappa shape index (κ1) is 9.66. The van der Waals surface area contributed by atoms with Gasteiger partial charge in [0.15, 0.2) is 0 Å². The Morgan fingerprint density at radius 3 is 2.71 bits per heavy atom. The van der Waals surface area contributed by atoms with Crippen LogP contribution in [0, 0.1) is 12.8 Å². The van der Waals surface area contributed by atoms with Gasteiger partial charge in [-0.3, -0.25) is 4.98 Å². The van der Waals surface area contributed by atoms with E-state index in [1.54, 1.807) is 0 Å². The molecule has 1 aromatic heterocycles. The Morgan fingerprint density at radius 1 is 1.43 bits per heavy atom. The average molecular weight is 190 g/mol. The Labute approximate surface area is 85.7 Å². The maximum atomic E-state index is 4.25. The first-order chi connectivity index (χ1) is 6.81. The minimum Gasteiger partial charge on any atom is -0.313 e. The number of hydrogen-bond donors (Lipinski definition) is 1. The van der Waals surface area contributed by atoms with Crippen LogP contribution in [0.2, 0.25) is 0 Å². The van der Waals surface area contributed by atoms with Crippen LogP contribution in [-0.4, -0.2) is 12.0 Å². The zero-order valence-electron chi connectivity index (χ0n) is 8.96. The largest absolute Gasteiger partial charge is 0.313 e. The number of pyridine rings is 1. The Bertz CT molecular complexity index is 305. The number of rotatable bonds is 3. The van der Waals surface area contributed by atoms with E-state index in [9.17, 15) is 0 Å². The molecule has 0 saturated heterocycles. The molecule has 1 unspecified atom stereocenters. The molecule has 1 aliphatic rings. The lowest BCUT2D eigenvalue weighted by Gasteiger charge is -2.33. The van der Waals surface area contributed by atoms with Gasteiger partial charge in [0.2, 0.25) is 0 Å². The van der Waals surface area contributed by atoms with E-state index in [-0.39, 0.29) is 0 Å². The van der Waals surface area contributed by atoms with Crippen molar-refractivity contribution in [3.63, 3.8) is 0 Å². The molecule has 76 valence electrons. The zero-order valence-corrected chi connectivity index (χ0v) is 8.96. The molecule has 1 N–H and O–H groups in total. The van der Waals surface area contributed by atoms with Gasteiger partial charge >= 0.3 is 0 Å². The molecule has 0 spiro atoms. The number of nitrogens with one attached hydrogen (secondary N) is 1. The molecule has 1 fully saturated rings. The third kappa shape index (κ3) is 1.80. The number of aryl methyl sites for hydroxylation is 1. The van der Waals surface area contributed by atoms with Crippen LogP contribution in [-0.2, 0) is 0 Å². The van der Waals surface area contributed by atoms with Gasteiger partial charge in [0.05, 0.1) is 0 Å². The van der Waals surface area contributed by atoms with Crippen molar-refractivity contribution in [3.05, 3.63) is 29.6 Å². The SMILES string of the molecule is CNC(c1cncc(C)c1)C1CCC1. The highest BCUT2D eigenvalue weighted by Gasteiger charge is 2.27. The van der Waals surface area contributed by atoms with Gasteiger partial charge in [-0.25, -0.2) is 0 Å². The van der Waals surface area contributed by atoms with Crippen molar-refractivity contribution in [1.82, 2.24) is 10.3 Å². The van der Waals surface area contributed by atoms with Gasteiger partial charge in [0.1, 0.15) is 0 Å². The smallest absolute Gasteiger partial charge is 0.0361 e. The minimum atomic E-state index is 0.510. The van der Waals surface area contributed by atoms with Crippen LogP contribution in [0.15, 0.2) is 18.5 Å². The van der Waals surface area contributed by atoms with Gasteiger partial charge in [-0.1, -0.05) is 12.5 Å². The summed E-state index contributed by atoms with van der Waals surface area (Å²) in [6.07, 6.45) is 8.02. The molecule has 0 radical (unpaired) electrons. The average Bonchev–Trinajstić information content (AvgIpc) is 2.10. The summed E-state index contributed by atoms with van der Waals surface area (Å²) in [5.41, 5.74) is 2.60. The summed E-state index contributed by atoms with van der Waals surface area (Å²) < 4.78 is 0. The highest BCUT2D eigenvalue weighted by Crippen LogP contribution is 2.37. The summed E-state index contributed by atoms with van der Waals surface area (Å²) in [7, 11) is 2.05. The quantitative estimate of drug-likeness (QED) is 0.792. The molecular formula is C12H18N2. The van der Waals surface area contributed by atoms with E-state index in [0.29, 0.717) is 6.04 Å². The lowest BCUT2D eigenvalue weighted by atomic mass is 9.77. The monoisotopic (exact) mass is 190 g/mol. The molecule has 14 heavy (non-hydrogen) atoms. The van der Waals surface area contributed by atoms with Crippen molar-refractivity contribution >= 4 is 0 Å². The Balaban J connectivity index is 2.17. The third-order valence-corrected chi connectivity index (χ3v) is 3.19. The Morgan fingerprint density at radius 2 is 2.21 bits per heavy atom. The highest BCUT2D eigenvalue weighted by atomic mass is 14.9. The van der Waals surface area contributed by atoms with Crippen LogP contribution < -0.4 is 5.32 Å². The summed E-state index contributed by atoms with van der Waals surface area (Å²) >= 11 is 0. The van der Waals surface area contributed by atoms with Crippen molar-refractivity contribution in [2.75, 3.05) is 7.05 Å². The van der Waals surface area contributed by atoms with Crippen molar-refractivity contribution in [3.8, 4) is 0 Å². The van der Waals surface area contributed by atoms with Gasteiger partial charge in [0.25, 0.3) is 0 Å². The summed E-state index contributed by atoms with van der Waals surface area (Å²) in [4.78, 5) is 4.25. The van der Waals surface area contributed by atoms with Gasteiger partial charge < -0.3 is 5.32 Å². The molecule has 0 aromatic carbocycles. The first-order valence-corrected chi connectivity index (χ1v) is 5.40. The van der Waals surface area contributed by atoms with E-state index in [2.05, 4.69) is 23.3 Å². The maximum absolute atomic E-state index is 4.25. The predicted octanol–water partition coefficient (Wildman–Crippen LogP) is 2.45. The van der Waals surface area contributed by atoms with Gasteiger partial charge in [-0.15, -0.1) is 0 Å². The second kappa shape index (κ2) is 4.09. The summed E-state index contributed by atoms with van der Waals surface area (Å²) in [6, 6.07) is 2.75. The summed E-state index contributed by atoms with van der Waals surface area (Å²) in [6.45, 7) is 2.10. The number of aromatic nitrogens is 1. The van der Waals surface area contributed by atoms with E-state index in [1.807, 2.05) is 19.4 Å². The third-order valence-electron chi connectivity index (χ3n) is 3.19. The zero-order chi connectivity index (χ0) is 9.97. The van der Waals surface area contributed by atoms with Crippen molar-refractivity contribution in [2.45, 2.75) is 32.2 Å². The summed E-state index contributed by atoms with van der Waals surface area (Å²) in [5.74, 6) is 0.823. The van der Waals surface area contributed by atoms with Gasteiger partial charge in [0, 0.05) is 18.4 Å². The lowest BCUT2D eigenvalue weighted by molar-refractivity contribution is 0.239. The molecule has 2 heteroatoms. The predicted molar refractivity (Wildman–Crippen MR) is 58.1 cm³/mol. The molecule has 2 rings (SSSR count). The first-order valence-electron chi connectivity index (χ1n) is 5.40.